The molecule has 24 heavy (non-hydrogen) atoms. The summed E-state index contributed by atoms with van der Waals surface area (Å²) in [6.07, 6.45) is 0.107. The molecular weight excluding hydrogens is 338 g/mol. The van der Waals surface area contributed by atoms with Crippen LogP contribution in [0, 0.1) is 0 Å². The van der Waals surface area contributed by atoms with Crippen LogP contribution in [0.4, 0.5) is 5.69 Å². The third kappa shape index (κ3) is 3.40. The van der Waals surface area contributed by atoms with Crippen molar-refractivity contribution in [2.75, 3.05) is 18.1 Å². The third-order valence-corrected chi connectivity index (χ3v) is 3.65. The topological polar surface area (TPSA) is 116 Å². The molecule has 2 heterocycles. The number of nitrogens with one attached hydrogen (secondary N) is 1. The Balaban J connectivity index is 0.00000208. The highest BCUT2D eigenvalue weighted by atomic mass is 35.5. The van der Waals surface area contributed by atoms with Crippen LogP contribution in [0.1, 0.15) is 0 Å². The van der Waals surface area contributed by atoms with Gasteiger partial charge in [-0.15, -0.1) is 12.4 Å². The average Bonchev–Trinajstić information content (AvgIpc) is 3.09. The monoisotopic (exact) mass is 353 g/mol. The van der Waals surface area contributed by atoms with E-state index in [-0.39, 0.29) is 25.6 Å². The van der Waals surface area contributed by atoms with E-state index >= 15 is 0 Å². The van der Waals surface area contributed by atoms with E-state index in [1.807, 2.05) is 6.07 Å². The first-order chi connectivity index (χ1) is 11.1. The molecule has 3 N–H and O–H groups in total. The largest absolute Gasteiger partial charge is 0.479 e. The summed E-state index contributed by atoms with van der Waals surface area (Å²) < 4.78 is 5.13. The lowest BCUT2D eigenvalue weighted by atomic mass is 10.1. The molecule has 1 amide bonds. The van der Waals surface area contributed by atoms with Gasteiger partial charge >= 0.3 is 5.97 Å². The molecule has 1 aromatic heterocycles. The summed E-state index contributed by atoms with van der Waals surface area (Å²) in [6, 6.07) is 7.22. The fraction of sp³-hybridized carbons (Fsp3) is 0.267. The summed E-state index contributed by atoms with van der Waals surface area (Å²) in [7, 11) is 0. The molecule has 0 saturated carbocycles. The molecule has 3 rings (SSSR count). The number of carbonyl (C=O) groups excluding carboxylic acids is 1. The number of carbonyl (C=O) groups is 2. The van der Waals surface area contributed by atoms with Gasteiger partial charge < -0.3 is 19.8 Å². The van der Waals surface area contributed by atoms with Crippen LogP contribution in [0.3, 0.4) is 0 Å². The molecule has 128 valence electrons. The second kappa shape index (κ2) is 7.43. The first-order valence-corrected chi connectivity index (χ1v) is 7.01. The second-order valence-electron chi connectivity index (χ2n) is 5.10. The number of hydrogen-bond acceptors (Lipinski definition) is 5. The molecule has 1 fully saturated rings. The van der Waals surface area contributed by atoms with Crippen LogP contribution >= 0.6 is 12.4 Å². The van der Waals surface area contributed by atoms with E-state index in [4.69, 9.17) is 9.84 Å². The van der Waals surface area contributed by atoms with Crippen molar-refractivity contribution in [1.82, 2.24) is 10.2 Å². The minimum absolute atomic E-state index is 0. The van der Waals surface area contributed by atoms with Crippen LogP contribution in [0.25, 0.3) is 11.1 Å². The number of carboxylic acid groups (broad SMARTS) is 1. The van der Waals surface area contributed by atoms with Crippen LogP contribution < -0.4 is 4.90 Å². The smallest absolute Gasteiger partial charge is 0.335 e. The van der Waals surface area contributed by atoms with Crippen molar-refractivity contribution in [2.45, 2.75) is 12.2 Å². The van der Waals surface area contributed by atoms with Gasteiger partial charge in [0.15, 0.2) is 12.2 Å². The van der Waals surface area contributed by atoms with E-state index in [2.05, 4.69) is 10.2 Å². The Morgan fingerprint density at radius 3 is 2.88 bits per heavy atom. The lowest BCUT2D eigenvalue weighted by Crippen LogP contribution is -2.54. The number of nitrogens with zero attached hydrogens (tertiary/aromatic N) is 2. The Labute approximate surface area is 143 Å². The maximum atomic E-state index is 12.4. The number of aliphatic hydroxyl groups is 1. The molecule has 0 bridgehead atoms. The number of carboxylic acids is 1. The first kappa shape index (κ1) is 17.9. The molecule has 2 atom stereocenters. The fourth-order valence-electron chi connectivity index (χ4n) is 2.48. The summed E-state index contributed by atoms with van der Waals surface area (Å²) in [5.74, 6) is -2.06. The first-order valence-electron chi connectivity index (χ1n) is 7.01. The summed E-state index contributed by atoms with van der Waals surface area (Å²) in [5, 5.41) is 25.1. The third-order valence-electron chi connectivity index (χ3n) is 3.65. The number of aromatic amines is 1. The van der Waals surface area contributed by atoms with Gasteiger partial charge in [0.2, 0.25) is 0 Å². The maximum Gasteiger partial charge on any atom is 0.335 e. The standard InChI is InChI=1S/C15H15N3O5.ClH/c19-12(15(21)22)13-14(20)18(4-5-23-13)11-3-1-2-9(6-11)10-7-16-17-8-10;/h1-3,6-8,12-13,19H,4-5H2,(H,16,17)(H,21,22);1H/t12-,13-;/m1./s1. The van der Waals surface area contributed by atoms with Gasteiger partial charge in [-0.2, -0.15) is 5.10 Å². The molecule has 0 spiro atoms. The number of morpholine rings is 1. The number of rotatable bonds is 4. The summed E-state index contributed by atoms with van der Waals surface area (Å²) in [5.41, 5.74) is 2.35. The van der Waals surface area contributed by atoms with Gasteiger partial charge in [-0.1, -0.05) is 12.1 Å². The quantitative estimate of drug-likeness (QED) is 0.744. The van der Waals surface area contributed by atoms with E-state index < -0.39 is 24.1 Å². The minimum Gasteiger partial charge on any atom is -0.479 e. The number of H-pyrrole nitrogens is 1. The number of amides is 1. The predicted molar refractivity (Wildman–Crippen MR) is 87.0 cm³/mol. The molecule has 1 aliphatic heterocycles. The molecule has 0 unspecified atom stereocenters. The van der Waals surface area contributed by atoms with Gasteiger partial charge in [0.05, 0.1) is 12.8 Å². The Morgan fingerprint density at radius 1 is 1.42 bits per heavy atom. The van der Waals surface area contributed by atoms with Crippen LogP contribution in [-0.2, 0) is 14.3 Å². The molecule has 0 aliphatic carbocycles. The highest BCUT2D eigenvalue weighted by molar-refractivity contribution is 6.00. The van der Waals surface area contributed by atoms with Crippen molar-refractivity contribution in [2.24, 2.45) is 0 Å². The molecule has 9 heteroatoms. The normalized spacial score (nSPS) is 18.8. The van der Waals surface area contributed by atoms with E-state index in [1.54, 1.807) is 30.6 Å². The molecule has 1 aromatic carbocycles. The number of halogens is 1. The van der Waals surface area contributed by atoms with Crippen molar-refractivity contribution in [1.29, 1.82) is 0 Å². The summed E-state index contributed by atoms with van der Waals surface area (Å²) in [6.45, 7) is 0.438. The Morgan fingerprint density at radius 2 is 2.21 bits per heavy atom. The zero-order valence-electron chi connectivity index (χ0n) is 12.5. The predicted octanol–water partition coefficient (Wildman–Crippen LogP) is 0.676. The SMILES string of the molecule is Cl.O=C(O)[C@H](O)[C@H]1OCCN(c2cccc(-c3cn[nH]c3)c2)C1=O. The van der Waals surface area contributed by atoms with Crippen LogP contribution in [0.15, 0.2) is 36.7 Å². The molecule has 8 nitrogen and oxygen atoms in total. The van der Waals surface area contributed by atoms with Crippen LogP contribution in [0.5, 0.6) is 0 Å². The minimum atomic E-state index is -1.89. The maximum absolute atomic E-state index is 12.4. The Kier molecular flexibility index (Phi) is 5.55. The van der Waals surface area contributed by atoms with Crippen molar-refractivity contribution in [3.8, 4) is 11.1 Å². The van der Waals surface area contributed by atoms with Gasteiger partial charge in [-0.05, 0) is 17.7 Å². The van der Waals surface area contributed by atoms with Gasteiger partial charge in [0, 0.05) is 24.0 Å². The second-order valence-corrected chi connectivity index (χ2v) is 5.10. The molecule has 2 aromatic rings. The summed E-state index contributed by atoms with van der Waals surface area (Å²) >= 11 is 0. The van der Waals surface area contributed by atoms with Crippen molar-refractivity contribution in [3.63, 3.8) is 0 Å². The number of aromatic nitrogens is 2. The van der Waals surface area contributed by atoms with E-state index in [0.717, 1.165) is 11.1 Å². The van der Waals surface area contributed by atoms with E-state index in [0.29, 0.717) is 5.69 Å². The lowest BCUT2D eigenvalue weighted by molar-refractivity contribution is -0.163. The average molecular weight is 354 g/mol. The van der Waals surface area contributed by atoms with Gasteiger partial charge in [0.25, 0.3) is 5.91 Å². The highest BCUT2D eigenvalue weighted by Gasteiger charge is 2.39. The molecule has 0 radical (unpaired) electrons. The molecule has 1 aliphatic rings. The number of anilines is 1. The molecular formula is C15H16ClN3O5. The highest BCUT2D eigenvalue weighted by Crippen LogP contribution is 2.26. The zero-order valence-corrected chi connectivity index (χ0v) is 13.3. The number of hydrogen-bond donors (Lipinski definition) is 3. The van der Waals surface area contributed by atoms with E-state index in [1.165, 1.54) is 4.90 Å². The van der Waals surface area contributed by atoms with Gasteiger partial charge in [-0.25, -0.2) is 4.79 Å². The van der Waals surface area contributed by atoms with Crippen LogP contribution in [0.2, 0.25) is 0 Å². The number of ether oxygens (including phenoxy) is 1. The van der Waals surface area contributed by atoms with Crippen molar-refractivity contribution < 1.29 is 24.5 Å². The Hall–Kier alpha value is -2.42. The van der Waals surface area contributed by atoms with Gasteiger partial charge in [-0.3, -0.25) is 9.89 Å². The van der Waals surface area contributed by atoms with Crippen molar-refractivity contribution in [3.05, 3.63) is 36.7 Å². The number of aliphatic carboxylic acids is 1. The van der Waals surface area contributed by atoms with Gasteiger partial charge in [0.1, 0.15) is 0 Å². The lowest BCUT2D eigenvalue weighted by Gasteiger charge is -2.33. The van der Waals surface area contributed by atoms with Crippen LogP contribution in [-0.4, -0.2) is 57.6 Å². The van der Waals surface area contributed by atoms with Crippen molar-refractivity contribution >= 4 is 30.0 Å². The molecule has 1 saturated heterocycles. The van der Waals surface area contributed by atoms with E-state index in [9.17, 15) is 14.7 Å². The zero-order chi connectivity index (χ0) is 16.4. The number of benzene rings is 1. The number of aliphatic hydroxyl groups excluding tert-OH is 1. The fourth-order valence-corrected chi connectivity index (χ4v) is 2.48. The summed E-state index contributed by atoms with van der Waals surface area (Å²) in [4.78, 5) is 24.7. The Bertz CT molecular complexity index is 722.